The fraction of sp³-hybridized carbons (Fsp3) is 0.167. The Labute approximate surface area is 147 Å². The third-order valence-corrected chi connectivity index (χ3v) is 4.12. The Morgan fingerprint density at radius 1 is 1.20 bits per heavy atom. The molecule has 6 nitrogen and oxygen atoms in total. The van der Waals surface area contributed by atoms with Crippen molar-refractivity contribution in [1.82, 2.24) is 0 Å². The van der Waals surface area contributed by atoms with Crippen molar-refractivity contribution >= 4 is 27.7 Å². The first-order chi connectivity index (χ1) is 11.8. The molecule has 7 heteroatoms. The molecule has 2 aromatic rings. The van der Waals surface area contributed by atoms with Gasteiger partial charge in [-0.2, -0.15) is 0 Å². The number of carbonyl (C=O) groups is 1. The van der Waals surface area contributed by atoms with Crippen molar-refractivity contribution in [1.29, 1.82) is 0 Å². The van der Waals surface area contributed by atoms with Gasteiger partial charge in [-0.1, -0.05) is 23.8 Å². The molecule has 0 fully saturated rings. The van der Waals surface area contributed by atoms with Gasteiger partial charge in [-0.05, 0) is 42.8 Å². The lowest BCUT2D eigenvalue weighted by Gasteiger charge is -2.06. The first-order valence-corrected chi connectivity index (χ1v) is 9.21. The van der Waals surface area contributed by atoms with Gasteiger partial charge in [-0.25, -0.2) is 13.6 Å². The van der Waals surface area contributed by atoms with E-state index in [1.807, 2.05) is 25.1 Å². The number of nitrogens with two attached hydrogens (primary N) is 1. The van der Waals surface area contributed by atoms with Crippen LogP contribution < -0.4 is 15.2 Å². The van der Waals surface area contributed by atoms with Crippen LogP contribution in [0.4, 0.5) is 5.69 Å². The van der Waals surface area contributed by atoms with Crippen LogP contribution in [0.5, 0.6) is 5.75 Å². The van der Waals surface area contributed by atoms with E-state index >= 15 is 0 Å². The highest BCUT2D eigenvalue weighted by atomic mass is 32.2. The molecule has 0 aliphatic carbocycles. The lowest BCUT2D eigenvalue weighted by atomic mass is 10.1. The number of hydrogen-bond donors (Lipinski definition) is 2. The third kappa shape index (κ3) is 6.06. The highest BCUT2D eigenvalue weighted by molar-refractivity contribution is 7.88. The number of hydrogen-bond acceptors (Lipinski definition) is 4. The number of methoxy groups -OCH3 is 1. The van der Waals surface area contributed by atoms with Crippen LogP contribution in [0.25, 0.3) is 6.08 Å². The lowest BCUT2D eigenvalue weighted by molar-refractivity contribution is -0.111. The third-order valence-electron chi connectivity index (χ3n) is 3.39. The molecule has 0 bridgehead atoms. The van der Waals surface area contributed by atoms with E-state index in [0.717, 1.165) is 11.1 Å². The van der Waals surface area contributed by atoms with E-state index in [4.69, 9.17) is 9.88 Å². The first-order valence-electron chi connectivity index (χ1n) is 7.50. The number of rotatable bonds is 6. The lowest BCUT2D eigenvalue weighted by Crippen LogP contribution is -2.14. The molecule has 2 rings (SSSR count). The van der Waals surface area contributed by atoms with Gasteiger partial charge in [-0.3, -0.25) is 4.79 Å². The maximum Gasteiger partial charge on any atom is 0.248 e. The molecular formula is C18H20N2O4S. The van der Waals surface area contributed by atoms with Crippen molar-refractivity contribution in [2.45, 2.75) is 12.7 Å². The number of carbonyl (C=O) groups excluding carboxylic acids is 1. The minimum Gasteiger partial charge on any atom is -0.496 e. The van der Waals surface area contributed by atoms with Crippen molar-refractivity contribution in [2.24, 2.45) is 5.14 Å². The summed E-state index contributed by atoms with van der Waals surface area (Å²) in [4.78, 5) is 12.0. The fourth-order valence-electron chi connectivity index (χ4n) is 2.25. The Balaban J connectivity index is 2.04. The molecule has 0 unspecified atom stereocenters. The highest BCUT2D eigenvalue weighted by Crippen LogP contribution is 2.21. The summed E-state index contributed by atoms with van der Waals surface area (Å²) in [7, 11) is -2.00. The summed E-state index contributed by atoms with van der Waals surface area (Å²) in [6, 6.07) is 12.2. The van der Waals surface area contributed by atoms with E-state index in [-0.39, 0.29) is 11.7 Å². The largest absolute Gasteiger partial charge is 0.496 e. The number of nitrogens with one attached hydrogen (secondary N) is 1. The van der Waals surface area contributed by atoms with E-state index < -0.39 is 10.0 Å². The zero-order chi connectivity index (χ0) is 18.4. The SMILES string of the molecule is COc1ccc(C)cc1/C=C/C(=O)Nc1ccc(CS(N)(=O)=O)cc1. The number of aryl methyl sites for hydroxylation is 1. The van der Waals surface area contributed by atoms with Gasteiger partial charge in [0.25, 0.3) is 0 Å². The van der Waals surface area contributed by atoms with Crippen LogP contribution in [0, 0.1) is 6.92 Å². The maximum absolute atomic E-state index is 12.0. The van der Waals surface area contributed by atoms with E-state index in [1.54, 1.807) is 37.5 Å². The average Bonchev–Trinajstić information content (AvgIpc) is 2.53. The van der Waals surface area contributed by atoms with E-state index in [2.05, 4.69) is 5.32 Å². The van der Waals surface area contributed by atoms with Crippen molar-refractivity contribution < 1.29 is 17.9 Å². The van der Waals surface area contributed by atoms with Crippen LogP contribution in [0.1, 0.15) is 16.7 Å². The van der Waals surface area contributed by atoms with E-state index in [0.29, 0.717) is 17.0 Å². The predicted molar refractivity (Wildman–Crippen MR) is 98.6 cm³/mol. The molecule has 1 amide bonds. The van der Waals surface area contributed by atoms with E-state index in [1.165, 1.54) is 6.08 Å². The quantitative estimate of drug-likeness (QED) is 0.773. The zero-order valence-corrected chi connectivity index (χ0v) is 14.8. The van der Waals surface area contributed by atoms with Crippen LogP contribution in [0.3, 0.4) is 0 Å². The molecule has 0 radical (unpaired) electrons. The van der Waals surface area contributed by atoms with Crippen molar-refractivity contribution in [3.8, 4) is 5.75 Å². The molecule has 3 N–H and O–H groups in total. The molecule has 0 atom stereocenters. The monoisotopic (exact) mass is 360 g/mol. The Morgan fingerprint density at radius 3 is 2.48 bits per heavy atom. The zero-order valence-electron chi connectivity index (χ0n) is 14.0. The summed E-state index contributed by atoms with van der Waals surface area (Å²) in [6.07, 6.45) is 3.09. The smallest absolute Gasteiger partial charge is 0.248 e. The molecule has 25 heavy (non-hydrogen) atoms. The molecule has 132 valence electrons. The van der Waals surface area contributed by atoms with Crippen LogP contribution in [-0.2, 0) is 20.6 Å². The van der Waals surface area contributed by atoms with Gasteiger partial charge in [0.15, 0.2) is 0 Å². The van der Waals surface area contributed by atoms with E-state index in [9.17, 15) is 13.2 Å². The van der Waals surface area contributed by atoms with Crippen LogP contribution in [0.15, 0.2) is 48.5 Å². The second-order valence-corrected chi connectivity index (χ2v) is 7.19. The Bertz CT molecular complexity index is 888. The Hall–Kier alpha value is -2.64. The first kappa shape index (κ1) is 18.7. The molecular weight excluding hydrogens is 340 g/mol. The minimum absolute atomic E-state index is 0.242. The molecule has 2 aromatic carbocycles. The summed E-state index contributed by atoms with van der Waals surface area (Å²) < 4.78 is 27.4. The summed E-state index contributed by atoms with van der Waals surface area (Å²) >= 11 is 0. The minimum atomic E-state index is -3.57. The average molecular weight is 360 g/mol. The summed E-state index contributed by atoms with van der Waals surface area (Å²) in [6.45, 7) is 1.96. The Kier molecular flexibility index (Phi) is 5.95. The van der Waals surface area contributed by atoms with Gasteiger partial charge in [-0.15, -0.1) is 0 Å². The molecule has 0 saturated carbocycles. The molecule has 0 spiro atoms. The molecule has 0 aliphatic heterocycles. The molecule has 0 saturated heterocycles. The number of ether oxygens (including phenoxy) is 1. The number of amides is 1. The van der Waals surface area contributed by atoms with Crippen LogP contribution in [0.2, 0.25) is 0 Å². The van der Waals surface area contributed by atoms with Crippen LogP contribution in [-0.4, -0.2) is 21.4 Å². The maximum atomic E-state index is 12.0. The number of sulfonamides is 1. The fourth-order valence-corrected chi connectivity index (χ4v) is 2.91. The highest BCUT2D eigenvalue weighted by Gasteiger charge is 2.06. The number of benzene rings is 2. The second-order valence-electron chi connectivity index (χ2n) is 5.57. The number of anilines is 1. The molecule has 0 heterocycles. The Morgan fingerprint density at radius 2 is 1.88 bits per heavy atom. The summed E-state index contributed by atoms with van der Waals surface area (Å²) in [5, 5.41) is 7.71. The van der Waals surface area contributed by atoms with Gasteiger partial charge in [0.05, 0.1) is 12.9 Å². The van der Waals surface area contributed by atoms with Crippen molar-refractivity contribution in [2.75, 3.05) is 12.4 Å². The van der Waals surface area contributed by atoms with Crippen molar-refractivity contribution in [3.05, 3.63) is 65.2 Å². The van der Waals surface area contributed by atoms with Gasteiger partial charge >= 0.3 is 0 Å². The summed E-state index contributed by atoms with van der Waals surface area (Å²) in [5.41, 5.74) is 2.98. The predicted octanol–water partition coefficient (Wildman–Crippen LogP) is 2.44. The summed E-state index contributed by atoms with van der Waals surface area (Å²) in [5.74, 6) is 0.138. The second kappa shape index (κ2) is 7.96. The standard InChI is InChI=1S/C18H20N2O4S/c1-13-3-9-17(24-2)15(11-13)6-10-18(21)20-16-7-4-14(5-8-16)12-25(19,22)23/h3-11H,12H2,1-2H3,(H,20,21)(H2,19,22,23)/b10-6+. The molecule has 0 aliphatic rings. The normalized spacial score (nSPS) is 11.5. The van der Waals surface area contributed by atoms with Crippen molar-refractivity contribution in [3.63, 3.8) is 0 Å². The van der Waals surface area contributed by atoms with Gasteiger partial charge in [0.2, 0.25) is 15.9 Å². The van der Waals surface area contributed by atoms with Gasteiger partial charge in [0.1, 0.15) is 5.75 Å². The van der Waals surface area contributed by atoms with Crippen LogP contribution >= 0.6 is 0 Å². The van der Waals surface area contributed by atoms with Gasteiger partial charge < -0.3 is 10.1 Å². The molecule has 0 aromatic heterocycles. The number of primary sulfonamides is 1. The topological polar surface area (TPSA) is 98.5 Å². The van der Waals surface area contributed by atoms with Gasteiger partial charge in [0, 0.05) is 17.3 Å².